The zero-order valence-corrected chi connectivity index (χ0v) is 15.7. The smallest absolute Gasteiger partial charge is 0.0394 e. The number of aryl methyl sites for hydroxylation is 2. The first-order valence-corrected chi connectivity index (χ1v) is 9.25. The number of para-hydroxylation sites is 1. The molecule has 0 aliphatic rings. The van der Waals surface area contributed by atoms with Crippen LogP contribution >= 0.6 is 0 Å². The minimum Gasteiger partial charge on any atom is -0.398 e. The molecule has 0 bridgehead atoms. The van der Waals surface area contributed by atoms with E-state index in [0.717, 1.165) is 11.3 Å². The van der Waals surface area contributed by atoms with Crippen LogP contribution in [0.5, 0.6) is 0 Å². The third kappa shape index (κ3) is 3.37. The van der Waals surface area contributed by atoms with Gasteiger partial charge in [0.15, 0.2) is 0 Å². The van der Waals surface area contributed by atoms with E-state index in [-0.39, 0.29) is 0 Å². The molecule has 0 aliphatic heterocycles. The fourth-order valence-electron chi connectivity index (χ4n) is 3.67. The van der Waals surface area contributed by atoms with Gasteiger partial charge in [-0.25, -0.2) is 0 Å². The van der Waals surface area contributed by atoms with Crippen molar-refractivity contribution >= 4 is 5.69 Å². The summed E-state index contributed by atoms with van der Waals surface area (Å²) < 4.78 is 0. The predicted octanol–water partition coefficient (Wildman–Crippen LogP) is 6.89. The highest BCUT2D eigenvalue weighted by Crippen LogP contribution is 2.42. The van der Waals surface area contributed by atoms with Gasteiger partial charge >= 0.3 is 0 Å². The summed E-state index contributed by atoms with van der Waals surface area (Å²) in [6.07, 6.45) is 0. The van der Waals surface area contributed by atoms with Gasteiger partial charge in [-0.1, -0.05) is 96.1 Å². The molecule has 0 saturated carbocycles. The average Bonchev–Trinajstić information content (AvgIpc) is 2.68. The molecule has 4 aromatic carbocycles. The van der Waals surface area contributed by atoms with E-state index in [1.54, 1.807) is 0 Å². The van der Waals surface area contributed by atoms with Crippen LogP contribution in [0.15, 0.2) is 91.0 Å². The standard InChI is InChI=1S/C26H23N/c1-18-8-5-10-20(16-18)22-13-7-14-23(21-11-6-9-19(2)17-21)26(22)24-12-3-4-15-25(24)27/h3-17H,27H2,1-2H3. The molecule has 0 aliphatic carbocycles. The number of nitrogen functional groups attached to an aromatic ring is 1. The lowest BCUT2D eigenvalue weighted by molar-refractivity contribution is 1.45. The molecule has 0 radical (unpaired) electrons. The molecule has 0 atom stereocenters. The van der Waals surface area contributed by atoms with E-state index in [9.17, 15) is 0 Å². The molecule has 0 heterocycles. The van der Waals surface area contributed by atoms with Gasteiger partial charge < -0.3 is 5.73 Å². The lowest BCUT2D eigenvalue weighted by atomic mass is 9.86. The van der Waals surface area contributed by atoms with E-state index in [1.807, 2.05) is 12.1 Å². The lowest BCUT2D eigenvalue weighted by Crippen LogP contribution is -1.95. The van der Waals surface area contributed by atoms with Crippen molar-refractivity contribution in [3.05, 3.63) is 102 Å². The Bertz CT molecular complexity index is 1040. The van der Waals surface area contributed by atoms with E-state index in [0.29, 0.717) is 0 Å². The van der Waals surface area contributed by atoms with E-state index in [4.69, 9.17) is 5.73 Å². The fourth-order valence-corrected chi connectivity index (χ4v) is 3.67. The maximum atomic E-state index is 6.41. The molecule has 1 nitrogen and oxygen atoms in total. The number of anilines is 1. The van der Waals surface area contributed by atoms with Crippen molar-refractivity contribution in [3.63, 3.8) is 0 Å². The fraction of sp³-hybridized carbons (Fsp3) is 0.0769. The van der Waals surface area contributed by atoms with E-state index in [1.165, 1.54) is 38.9 Å². The molecule has 132 valence electrons. The van der Waals surface area contributed by atoms with Crippen molar-refractivity contribution in [3.8, 4) is 33.4 Å². The van der Waals surface area contributed by atoms with Crippen molar-refractivity contribution in [1.82, 2.24) is 0 Å². The van der Waals surface area contributed by atoms with Crippen LogP contribution in [0, 0.1) is 13.8 Å². The van der Waals surface area contributed by atoms with Gasteiger partial charge in [-0.05, 0) is 47.7 Å². The summed E-state index contributed by atoms with van der Waals surface area (Å²) in [5.74, 6) is 0. The molecule has 0 amide bonds. The average molecular weight is 349 g/mol. The summed E-state index contributed by atoms with van der Waals surface area (Å²) in [7, 11) is 0. The van der Waals surface area contributed by atoms with E-state index >= 15 is 0 Å². The van der Waals surface area contributed by atoms with Gasteiger partial charge in [-0.3, -0.25) is 0 Å². The van der Waals surface area contributed by atoms with Crippen LogP contribution in [0.1, 0.15) is 11.1 Å². The van der Waals surface area contributed by atoms with Gasteiger partial charge in [0, 0.05) is 11.3 Å². The highest BCUT2D eigenvalue weighted by molar-refractivity contribution is 5.97. The largest absolute Gasteiger partial charge is 0.398 e. The van der Waals surface area contributed by atoms with Crippen molar-refractivity contribution in [2.45, 2.75) is 13.8 Å². The molecule has 4 aromatic rings. The molecule has 0 unspecified atom stereocenters. The van der Waals surface area contributed by atoms with Crippen molar-refractivity contribution < 1.29 is 0 Å². The predicted molar refractivity (Wildman–Crippen MR) is 117 cm³/mol. The summed E-state index contributed by atoms with van der Waals surface area (Å²) in [6, 6.07) is 31.9. The van der Waals surface area contributed by atoms with Crippen molar-refractivity contribution in [2.75, 3.05) is 5.73 Å². The summed E-state index contributed by atoms with van der Waals surface area (Å²) in [5, 5.41) is 0. The van der Waals surface area contributed by atoms with Crippen molar-refractivity contribution in [1.29, 1.82) is 0 Å². The molecule has 0 spiro atoms. The van der Waals surface area contributed by atoms with Crippen LogP contribution < -0.4 is 5.73 Å². The van der Waals surface area contributed by atoms with Crippen LogP contribution in [0.4, 0.5) is 5.69 Å². The Morgan fingerprint density at radius 3 is 1.52 bits per heavy atom. The van der Waals surface area contributed by atoms with E-state index < -0.39 is 0 Å². The second kappa shape index (κ2) is 7.13. The highest BCUT2D eigenvalue weighted by Gasteiger charge is 2.16. The normalized spacial score (nSPS) is 10.7. The molecule has 4 rings (SSSR count). The maximum Gasteiger partial charge on any atom is 0.0394 e. The summed E-state index contributed by atoms with van der Waals surface area (Å²) in [6.45, 7) is 4.26. The molecular weight excluding hydrogens is 326 g/mol. The zero-order valence-electron chi connectivity index (χ0n) is 15.7. The first-order chi connectivity index (χ1) is 13.1. The minimum absolute atomic E-state index is 0.798. The first kappa shape index (κ1) is 17.1. The molecule has 27 heavy (non-hydrogen) atoms. The molecule has 0 fully saturated rings. The van der Waals surface area contributed by atoms with Crippen LogP contribution in [-0.2, 0) is 0 Å². The third-order valence-electron chi connectivity index (χ3n) is 4.95. The van der Waals surface area contributed by atoms with Crippen molar-refractivity contribution in [2.24, 2.45) is 0 Å². The molecular formula is C26H23N. The van der Waals surface area contributed by atoms with Gasteiger partial charge in [0.1, 0.15) is 0 Å². The van der Waals surface area contributed by atoms with Gasteiger partial charge in [-0.15, -0.1) is 0 Å². The quantitative estimate of drug-likeness (QED) is 0.401. The Balaban J connectivity index is 2.06. The molecule has 1 heteroatoms. The topological polar surface area (TPSA) is 26.0 Å². The Morgan fingerprint density at radius 2 is 1.00 bits per heavy atom. The van der Waals surface area contributed by atoms with Gasteiger partial charge in [0.2, 0.25) is 0 Å². The zero-order chi connectivity index (χ0) is 18.8. The van der Waals surface area contributed by atoms with Gasteiger partial charge in [0.25, 0.3) is 0 Å². The highest BCUT2D eigenvalue weighted by atomic mass is 14.6. The third-order valence-corrected chi connectivity index (χ3v) is 4.95. The first-order valence-electron chi connectivity index (χ1n) is 9.25. The van der Waals surface area contributed by atoms with Crippen LogP contribution in [0.25, 0.3) is 33.4 Å². The Morgan fingerprint density at radius 1 is 0.519 bits per heavy atom. The maximum absolute atomic E-state index is 6.41. The summed E-state index contributed by atoms with van der Waals surface area (Å²) in [5.41, 5.74) is 16.8. The number of hydrogen-bond donors (Lipinski definition) is 1. The molecule has 0 saturated heterocycles. The van der Waals surface area contributed by atoms with Crippen LogP contribution in [0.3, 0.4) is 0 Å². The Kier molecular flexibility index (Phi) is 4.52. The molecule has 2 N–H and O–H groups in total. The Labute approximate surface area is 161 Å². The van der Waals surface area contributed by atoms with Gasteiger partial charge in [-0.2, -0.15) is 0 Å². The molecule has 0 aromatic heterocycles. The monoisotopic (exact) mass is 349 g/mol. The van der Waals surface area contributed by atoms with Gasteiger partial charge in [0.05, 0.1) is 0 Å². The second-order valence-electron chi connectivity index (χ2n) is 7.05. The summed E-state index contributed by atoms with van der Waals surface area (Å²) in [4.78, 5) is 0. The Hall–Kier alpha value is -3.32. The number of hydrogen-bond acceptors (Lipinski definition) is 1. The number of benzene rings is 4. The van der Waals surface area contributed by atoms with Crippen LogP contribution in [0.2, 0.25) is 0 Å². The summed E-state index contributed by atoms with van der Waals surface area (Å²) >= 11 is 0. The second-order valence-corrected chi connectivity index (χ2v) is 7.05. The lowest BCUT2D eigenvalue weighted by Gasteiger charge is -2.18. The van der Waals surface area contributed by atoms with E-state index in [2.05, 4.69) is 92.7 Å². The number of rotatable bonds is 3. The SMILES string of the molecule is Cc1cccc(-c2cccc(-c3cccc(C)c3)c2-c2ccccc2N)c1. The minimum atomic E-state index is 0.798. The number of nitrogens with two attached hydrogens (primary N) is 1. The van der Waals surface area contributed by atoms with Crippen LogP contribution in [-0.4, -0.2) is 0 Å².